The summed E-state index contributed by atoms with van der Waals surface area (Å²) in [7, 11) is 2.03. The molecule has 0 amide bonds. The second kappa shape index (κ2) is 5.37. The first-order valence-electron chi connectivity index (χ1n) is 5.98. The van der Waals surface area contributed by atoms with Crippen LogP contribution >= 0.6 is 0 Å². The molecule has 1 heterocycles. The molecule has 1 aromatic carbocycles. The number of likely N-dealkylation sites (tertiary alicyclic amines) is 1. The lowest BCUT2D eigenvalue weighted by Crippen LogP contribution is -2.51. The SMILES string of the molecule is CN1CC(Oc2cccc(C(CN)C(=O)O)c2)C1. The number of benzene rings is 1. The maximum Gasteiger partial charge on any atom is 0.312 e. The molecule has 0 bridgehead atoms. The molecule has 1 unspecified atom stereocenters. The van der Waals surface area contributed by atoms with Gasteiger partial charge in [-0.1, -0.05) is 12.1 Å². The van der Waals surface area contributed by atoms with Gasteiger partial charge in [0, 0.05) is 19.6 Å². The van der Waals surface area contributed by atoms with Crippen LogP contribution in [0.5, 0.6) is 5.75 Å². The van der Waals surface area contributed by atoms with Crippen LogP contribution in [-0.4, -0.2) is 48.8 Å². The van der Waals surface area contributed by atoms with E-state index in [0.717, 1.165) is 13.1 Å². The monoisotopic (exact) mass is 250 g/mol. The Morgan fingerprint density at radius 3 is 2.89 bits per heavy atom. The van der Waals surface area contributed by atoms with Crippen LogP contribution in [0, 0.1) is 0 Å². The average Bonchev–Trinajstić information content (AvgIpc) is 2.28. The molecule has 18 heavy (non-hydrogen) atoms. The van der Waals surface area contributed by atoms with Gasteiger partial charge in [0.25, 0.3) is 0 Å². The number of carboxylic acids is 1. The van der Waals surface area contributed by atoms with Gasteiger partial charge in [-0.05, 0) is 24.7 Å². The van der Waals surface area contributed by atoms with Crippen LogP contribution in [0.1, 0.15) is 11.5 Å². The lowest BCUT2D eigenvalue weighted by atomic mass is 9.99. The maximum absolute atomic E-state index is 11.0. The summed E-state index contributed by atoms with van der Waals surface area (Å²) in [5.41, 5.74) is 6.17. The molecule has 1 aliphatic rings. The molecule has 0 spiro atoms. The highest BCUT2D eigenvalue weighted by Crippen LogP contribution is 2.23. The first-order valence-corrected chi connectivity index (χ1v) is 5.98. The minimum Gasteiger partial charge on any atom is -0.488 e. The maximum atomic E-state index is 11.0. The largest absolute Gasteiger partial charge is 0.488 e. The molecule has 0 aromatic heterocycles. The van der Waals surface area contributed by atoms with Crippen molar-refractivity contribution in [1.29, 1.82) is 0 Å². The number of carbonyl (C=O) groups is 1. The molecule has 1 aromatic rings. The van der Waals surface area contributed by atoms with E-state index in [2.05, 4.69) is 4.90 Å². The normalized spacial score (nSPS) is 18.1. The van der Waals surface area contributed by atoms with Crippen LogP contribution in [0.25, 0.3) is 0 Å². The molecular weight excluding hydrogens is 232 g/mol. The van der Waals surface area contributed by atoms with E-state index in [1.165, 1.54) is 0 Å². The van der Waals surface area contributed by atoms with Gasteiger partial charge < -0.3 is 15.6 Å². The fourth-order valence-electron chi connectivity index (χ4n) is 2.09. The smallest absolute Gasteiger partial charge is 0.312 e. The fourth-order valence-corrected chi connectivity index (χ4v) is 2.09. The van der Waals surface area contributed by atoms with E-state index >= 15 is 0 Å². The number of carboxylic acid groups (broad SMARTS) is 1. The summed E-state index contributed by atoms with van der Waals surface area (Å²) in [5.74, 6) is -0.860. The highest BCUT2D eigenvalue weighted by atomic mass is 16.5. The number of nitrogens with zero attached hydrogens (tertiary/aromatic N) is 1. The average molecular weight is 250 g/mol. The number of hydrogen-bond donors (Lipinski definition) is 2. The highest BCUT2D eigenvalue weighted by Gasteiger charge is 2.25. The second-order valence-electron chi connectivity index (χ2n) is 4.66. The Bertz CT molecular complexity index is 430. The van der Waals surface area contributed by atoms with Gasteiger partial charge in [-0.15, -0.1) is 0 Å². The molecule has 0 radical (unpaired) electrons. The van der Waals surface area contributed by atoms with Gasteiger partial charge in [0.2, 0.25) is 0 Å². The van der Waals surface area contributed by atoms with Gasteiger partial charge in [-0.25, -0.2) is 0 Å². The summed E-state index contributed by atoms with van der Waals surface area (Å²) in [6, 6.07) is 7.19. The zero-order chi connectivity index (χ0) is 13.1. The Morgan fingerprint density at radius 2 is 2.33 bits per heavy atom. The van der Waals surface area contributed by atoms with Gasteiger partial charge in [-0.3, -0.25) is 9.69 Å². The predicted octanol–water partition coefficient (Wildman–Crippen LogP) is 0.506. The topological polar surface area (TPSA) is 75.8 Å². The minimum absolute atomic E-state index is 0.0882. The summed E-state index contributed by atoms with van der Waals surface area (Å²) in [6.45, 7) is 1.90. The van der Waals surface area contributed by atoms with Crippen molar-refractivity contribution in [2.75, 3.05) is 26.7 Å². The van der Waals surface area contributed by atoms with Gasteiger partial charge in [0.1, 0.15) is 11.9 Å². The van der Waals surface area contributed by atoms with E-state index < -0.39 is 11.9 Å². The van der Waals surface area contributed by atoms with Crippen LogP contribution in [-0.2, 0) is 4.79 Å². The van der Waals surface area contributed by atoms with Crippen LogP contribution in [0.4, 0.5) is 0 Å². The van der Waals surface area contributed by atoms with Crippen molar-refractivity contribution in [3.63, 3.8) is 0 Å². The van der Waals surface area contributed by atoms with Crippen LogP contribution < -0.4 is 10.5 Å². The first-order chi connectivity index (χ1) is 8.60. The third-order valence-corrected chi connectivity index (χ3v) is 3.13. The van der Waals surface area contributed by atoms with E-state index in [0.29, 0.717) is 11.3 Å². The van der Waals surface area contributed by atoms with E-state index in [4.69, 9.17) is 15.6 Å². The second-order valence-corrected chi connectivity index (χ2v) is 4.66. The number of aliphatic carboxylic acids is 1. The van der Waals surface area contributed by atoms with Crippen molar-refractivity contribution in [3.05, 3.63) is 29.8 Å². The lowest BCUT2D eigenvalue weighted by Gasteiger charge is -2.36. The predicted molar refractivity (Wildman–Crippen MR) is 67.8 cm³/mol. The van der Waals surface area contributed by atoms with Crippen molar-refractivity contribution in [3.8, 4) is 5.75 Å². The quantitative estimate of drug-likeness (QED) is 0.796. The molecule has 98 valence electrons. The highest BCUT2D eigenvalue weighted by molar-refractivity contribution is 5.76. The van der Waals surface area contributed by atoms with Gasteiger partial charge >= 0.3 is 5.97 Å². The Morgan fingerprint density at radius 1 is 1.61 bits per heavy atom. The van der Waals surface area contributed by atoms with Gasteiger partial charge in [0.15, 0.2) is 0 Å². The number of likely N-dealkylation sites (N-methyl/N-ethyl adjacent to an activating group) is 1. The molecule has 1 saturated heterocycles. The summed E-state index contributed by atoms with van der Waals surface area (Å²) in [4.78, 5) is 13.2. The number of rotatable bonds is 5. The summed E-state index contributed by atoms with van der Waals surface area (Å²) in [5, 5.41) is 9.06. The van der Waals surface area contributed by atoms with E-state index in [9.17, 15) is 4.79 Å². The van der Waals surface area contributed by atoms with Crippen molar-refractivity contribution in [2.24, 2.45) is 5.73 Å². The molecule has 0 saturated carbocycles. The van der Waals surface area contributed by atoms with Crippen molar-refractivity contribution in [2.45, 2.75) is 12.0 Å². The number of hydrogen-bond acceptors (Lipinski definition) is 4. The third kappa shape index (κ3) is 2.80. The molecule has 1 fully saturated rings. The Labute approximate surface area is 106 Å². The summed E-state index contributed by atoms with van der Waals surface area (Å²) in [6.07, 6.45) is 0.200. The molecule has 1 atom stereocenters. The van der Waals surface area contributed by atoms with Crippen molar-refractivity contribution >= 4 is 5.97 Å². The van der Waals surface area contributed by atoms with E-state index in [1.54, 1.807) is 18.2 Å². The first kappa shape index (κ1) is 12.9. The standard InChI is InChI=1S/C13H18N2O3/c1-15-7-11(8-15)18-10-4-2-3-9(5-10)12(6-14)13(16)17/h2-5,11-12H,6-8,14H2,1H3,(H,16,17). The Balaban J connectivity index is 2.07. The van der Waals surface area contributed by atoms with E-state index in [-0.39, 0.29) is 12.6 Å². The zero-order valence-corrected chi connectivity index (χ0v) is 10.4. The molecule has 5 nitrogen and oxygen atoms in total. The molecule has 5 heteroatoms. The van der Waals surface area contributed by atoms with Crippen LogP contribution in [0.3, 0.4) is 0 Å². The molecule has 2 rings (SSSR count). The summed E-state index contributed by atoms with van der Waals surface area (Å²) < 4.78 is 5.76. The Hall–Kier alpha value is -1.59. The zero-order valence-electron chi connectivity index (χ0n) is 10.4. The van der Waals surface area contributed by atoms with Crippen molar-refractivity contribution < 1.29 is 14.6 Å². The lowest BCUT2D eigenvalue weighted by molar-refractivity contribution is -0.138. The van der Waals surface area contributed by atoms with Crippen molar-refractivity contribution in [1.82, 2.24) is 4.90 Å². The molecule has 1 aliphatic heterocycles. The summed E-state index contributed by atoms with van der Waals surface area (Å²) >= 11 is 0. The number of ether oxygens (including phenoxy) is 1. The van der Waals surface area contributed by atoms with Crippen LogP contribution in [0.15, 0.2) is 24.3 Å². The molecule has 3 N–H and O–H groups in total. The molecular formula is C13H18N2O3. The fraction of sp³-hybridized carbons (Fsp3) is 0.462. The van der Waals surface area contributed by atoms with Crippen LogP contribution in [0.2, 0.25) is 0 Å². The van der Waals surface area contributed by atoms with E-state index in [1.807, 2.05) is 13.1 Å². The molecule has 0 aliphatic carbocycles. The van der Waals surface area contributed by atoms with Gasteiger partial charge in [0.05, 0.1) is 5.92 Å². The third-order valence-electron chi connectivity index (χ3n) is 3.13. The van der Waals surface area contributed by atoms with Gasteiger partial charge in [-0.2, -0.15) is 0 Å². The minimum atomic E-state index is -0.905. The number of nitrogens with two attached hydrogens (primary N) is 1. The Kier molecular flexibility index (Phi) is 3.84.